The topological polar surface area (TPSA) is 40.7 Å². The van der Waals surface area contributed by atoms with E-state index in [9.17, 15) is 0 Å². The fraction of sp³-hybridized carbons (Fsp3) is 0. The van der Waals surface area contributed by atoms with Crippen molar-refractivity contribution in [3.63, 3.8) is 0 Å². The Morgan fingerprint density at radius 3 is 0.889 bits per heavy atom. The molecule has 0 fully saturated rings. The summed E-state index contributed by atoms with van der Waals surface area (Å²) in [5.41, 5.74) is 0. The van der Waals surface area contributed by atoms with Crippen molar-refractivity contribution in [1.82, 2.24) is 0 Å². The molecule has 0 saturated carbocycles. The summed E-state index contributed by atoms with van der Waals surface area (Å²) in [5, 5.41) is 0. The minimum Gasteiger partial charge on any atom is -0.466 e. The standard InChI is InChI=1S/3CH3.H4OSi2.H2O.2Ti/c;;;2-1-3;;;/h3*1H3;2-3H2;1H2;;/q3*-1;;;;+2. The second-order valence-corrected chi connectivity index (χ2v) is 1.84. The Balaban J connectivity index is -0.00000000133. The van der Waals surface area contributed by atoms with Gasteiger partial charge in [0.25, 0.3) is 0 Å². The van der Waals surface area contributed by atoms with Gasteiger partial charge < -0.3 is 31.9 Å². The summed E-state index contributed by atoms with van der Waals surface area (Å²) < 4.78 is 4.31. The molecule has 0 aliphatic heterocycles. The van der Waals surface area contributed by atoms with Crippen molar-refractivity contribution in [2.24, 2.45) is 0 Å². The van der Waals surface area contributed by atoms with Gasteiger partial charge in [0.1, 0.15) is 0 Å². The molecule has 0 aliphatic rings. The van der Waals surface area contributed by atoms with Crippen LogP contribution in [0.4, 0.5) is 0 Å². The molecule has 0 spiro atoms. The number of hydrogen-bond acceptors (Lipinski definition) is 1. The number of rotatable bonds is 0. The molecule has 0 saturated heterocycles. The first-order valence-electron chi connectivity index (χ1n) is 0.577. The van der Waals surface area contributed by atoms with Gasteiger partial charge in [-0.25, -0.2) is 0 Å². The van der Waals surface area contributed by atoms with E-state index < -0.39 is 0 Å². The quantitative estimate of drug-likeness (QED) is 0.377. The SMILES string of the molecule is O.[CH3-].[CH3-].[CH3-].[SiH2]O[SiH2].[Ti+2].[Ti]. The number of hydrogen-bond donors (Lipinski definition) is 0. The van der Waals surface area contributed by atoms with E-state index in [1.165, 1.54) is 21.0 Å². The Labute approximate surface area is 95.7 Å². The van der Waals surface area contributed by atoms with Crippen molar-refractivity contribution in [3.8, 4) is 0 Å². The van der Waals surface area contributed by atoms with E-state index in [2.05, 4.69) is 4.12 Å². The van der Waals surface area contributed by atoms with Crippen LogP contribution in [0, 0.1) is 22.3 Å². The maximum absolute atomic E-state index is 4.31. The van der Waals surface area contributed by atoms with Gasteiger partial charge in [-0.1, -0.05) is 0 Å². The predicted molar refractivity (Wildman–Crippen MR) is 41.0 cm³/mol. The zero-order valence-corrected chi connectivity index (χ0v) is 12.3. The van der Waals surface area contributed by atoms with Crippen molar-refractivity contribution in [2.75, 3.05) is 0 Å². The first-order valence-corrected chi connectivity index (χ1v) is 1.73. The van der Waals surface area contributed by atoms with Gasteiger partial charge in [-0.05, 0) is 0 Å². The molecule has 0 amide bonds. The van der Waals surface area contributed by atoms with Crippen LogP contribution in [-0.2, 0) is 47.6 Å². The molecule has 0 atom stereocenters. The molecule has 2 radical (unpaired) electrons. The minimum absolute atomic E-state index is 0. The smallest absolute Gasteiger partial charge is 0.466 e. The maximum Gasteiger partial charge on any atom is 2.00 e. The molecule has 0 bridgehead atoms. The first-order chi connectivity index (χ1) is 1.41. The minimum atomic E-state index is 0. The molecular formula is C3H15O2Si2Ti2-. The Bertz CT molecular complexity index is 17.8. The molecule has 0 aromatic rings. The van der Waals surface area contributed by atoms with Gasteiger partial charge >= 0.3 is 21.7 Å². The molecule has 0 heterocycles. The second kappa shape index (κ2) is 97.5. The predicted octanol–water partition coefficient (Wildman–Crippen LogP) is -1.38. The van der Waals surface area contributed by atoms with Crippen LogP contribution in [0.15, 0.2) is 0 Å². The molecule has 0 unspecified atom stereocenters. The first kappa shape index (κ1) is 72.1. The van der Waals surface area contributed by atoms with E-state index in [0.717, 1.165) is 0 Å². The third-order valence-electron chi connectivity index (χ3n) is 0. The van der Waals surface area contributed by atoms with Gasteiger partial charge in [-0.2, -0.15) is 0 Å². The Hall–Kier alpha value is 1.78. The van der Waals surface area contributed by atoms with E-state index in [-0.39, 0.29) is 71.2 Å². The zero-order chi connectivity index (χ0) is 2.71. The molecule has 0 rings (SSSR count). The molecule has 0 aliphatic carbocycles. The van der Waals surface area contributed by atoms with Crippen molar-refractivity contribution in [2.45, 2.75) is 0 Å². The molecule has 9 heavy (non-hydrogen) atoms. The monoisotopic (exact) mass is 235 g/mol. The van der Waals surface area contributed by atoms with Gasteiger partial charge in [0, 0.05) is 21.7 Å². The van der Waals surface area contributed by atoms with Crippen LogP contribution in [0.25, 0.3) is 0 Å². The second-order valence-electron chi connectivity index (χ2n) is 0.204. The molecule has 0 aromatic heterocycles. The van der Waals surface area contributed by atoms with Gasteiger partial charge in [0.15, 0.2) is 21.0 Å². The van der Waals surface area contributed by atoms with Crippen LogP contribution in [-0.4, -0.2) is 26.4 Å². The van der Waals surface area contributed by atoms with Crippen LogP contribution in [0.2, 0.25) is 0 Å². The van der Waals surface area contributed by atoms with Crippen molar-refractivity contribution in [1.29, 1.82) is 0 Å². The summed E-state index contributed by atoms with van der Waals surface area (Å²) in [4.78, 5) is 0. The fourth-order valence-electron chi connectivity index (χ4n) is 0. The van der Waals surface area contributed by atoms with Crippen LogP contribution in [0.1, 0.15) is 0 Å². The Morgan fingerprint density at radius 1 is 0.889 bits per heavy atom. The van der Waals surface area contributed by atoms with E-state index in [1.54, 1.807) is 0 Å². The van der Waals surface area contributed by atoms with E-state index >= 15 is 0 Å². The summed E-state index contributed by atoms with van der Waals surface area (Å²) in [6, 6.07) is 0. The van der Waals surface area contributed by atoms with Gasteiger partial charge in [-0.15, -0.1) is 0 Å². The summed E-state index contributed by atoms with van der Waals surface area (Å²) in [6.45, 7) is 0. The molecule has 56 valence electrons. The Morgan fingerprint density at radius 2 is 0.889 bits per heavy atom. The third-order valence-corrected chi connectivity index (χ3v) is 0. The molecule has 2 N–H and O–H groups in total. The average Bonchev–Trinajstić information content (AvgIpc) is 0.918. The summed E-state index contributed by atoms with van der Waals surface area (Å²) in [5.74, 6) is 0. The van der Waals surface area contributed by atoms with Crippen LogP contribution in [0.3, 0.4) is 0 Å². The molecular weight excluding hydrogens is 220 g/mol. The van der Waals surface area contributed by atoms with E-state index in [0.29, 0.717) is 0 Å². The third kappa shape index (κ3) is 187. The molecule has 0 aromatic carbocycles. The normalized spacial score (nSPS) is 2.00. The van der Waals surface area contributed by atoms with Crippen LogP contribution in [0.5, 0.6) is 0 Å². The van der Waals surface area contributed by atoms with Crippen molar-refractivity contribution >= 4 is 21.0 Å². The van der Waals surface area contributed by atoms with E-state index in [4.69, 9.17) is 0 Å². The van der Waals surface area contributed by atoms with Crippen molar-refractivity contribution < 1.29 is 53.0 Å². The summed E-state index contributed by atoms with van der Waals surface area (Å²) >= 11 is 0. The maximum atomic E-state index is 4.31. The zero-order valence-electron chi connectivity index (χ0n) is 6.32. The van der Waals surface area contributed by atoms with E-state index in [1.807, 2.05) is 0 Å². The van der Waals surface area contributed by atoms with Crippen LogP contribution >= 0.6 is 0 Å². The van der Waals surface area contributed by atoms with Gasteiger partial charge in [-0.3, -0.25) is 0 Å². The summed E-state index contributed by atoms with van der Waals surface area (Å²) in [6.07, 6.45) is 0. The summed E-state index contributed by atoms with van der Waals surface area (Å²) in [7, 11) is 2.97. The van der Waals surface area contributed by atoms with Gasteiger partial charge in [0.05, 0.1) is 0 Å². The molecule has 2 nitrogen and oxygen atoms in total. The van der Waals surface area contributed by atoms with Gasteiger partial charge in [0.2, 0.25) is 0 Å². The molecule has 6 heteroatoms. The van der Waals surface area contributed by atoms with Crippen molar-refractivity contribution in [3.05, 3.63) is 22.3 Å². The Kier molecular flexibility index (Phi) is 781. The fourth-order valence-corrected chi connectivity index (χ4v) is 0. The average molecular weight is 235 g/mol. The largest absolute Gasteiger partial charge is 2.00 e. The van der Waals surface area contributed by atoms with Crippen LogP contribution < -0.4 is 0 Å².